The van der Waals surface area contributed by atoms with Gasteiger partial charge in [0, 0.05) is 11.4 Å². The van der Waals surface area contributed by atoms with Crippen molar-refractivity contribution >= 4 is 27.3 Å². The highest BCUT2D eigenvalue weighted by atomic mass is 32.2. The molecule has 0 aliphatic carbocycles. The number of nitrogens with zero attached hydrogens (tertiary/aromatic N) is 2. The van der Waals surface area contributed by atoms with E-state index in [1.54, 1.807) is 12.3 Å². The SMILES string of the molecule is CCOC(=O)c1csc(CN(C(C)C)S(=O)(=O)c2c(C)cc(C)cc2C)n1. The van der Waals surface area contributed by atoms with Gasteiger partial charge in [0.2, 0.25) is 10.0 Å². The monoisotopic (exact) mass is 410 g/mol. The Morgan fingerprint density at radius 3 is 2.33 bits per heavy atom. The van der Waals surface area contributed by atoms with Crippen LogP contribution in [0.5, 0.6) is 0 Å². The fourth-order valence-corrected chi connectivity index (χ4v) is 5.91. The maximum atomic E-state index is 13.4. The molecule has 0 unspecified atom stereocenters. The largest absolute Gasteiger partial charge is 0.461 e. The van der Waals surface area contributed by atoms with Crippen LogP contribution in [0.1, 0.15) is 53.0 Å². The van der Waals surface area contributed by atoms with Gasteiger partial charge in [-0.1, -0.05) is 17.7 Å². The van der Waals surface area contributed by atoms with E-state index in [1.165, 1.54) is 15.6 Å². The van der Waals surface area contributed by atoms with Crippen LogP contribution in [0.25, 0.3) is 0 Å². The molecule has 2 rings (SSSR count). The van der Waals surface area contributed by atoms with Crippen LogP contribution >= 0.6 is 11.3 Å². The van der Waals surface area contributed by atoms with Gasteiger partial charge in [-0.2, -0.15) is 4.31 Å². The van der Waals surface area contributed by atoms with E-state index in [0.29, 0.717) is 9.90 Å². The Kier molecular flexibility index (Phi) is 6.77. The minimum absolute atomic E-state index is 0.108. The molecule has 0 spiro atoms. The summed E-state index contributed by atoms with van der Waals surface area (Å²) >= 11 is 1.25. The summed E-state index contributed by atoms with van der Waals surface area (Å²) in [6.45, 7) is 11.3. The molecule has 0 saturated heterocycles. The molecule has 0 radical (unpaired) electrons. The Morgan fingerprint density at radius 1 is 1.22 bits per heavy atom. The van der Waals surface area contributed by atoms with Crippen LogP contribution in [0.4, 0.5) is 0 Å². The number of carbonyl (C=O) groups excluding carboxylic acids is 1. The highest BCUT2D eigenvalue weighted by Crippen LogP contribution is 2.28. The number of rotatable bonds is 7. The summed E-state index contributed by atoms with van der Waals surface area (Å²) in [6.07, 6.45) is 0. The molecule has 8 heteroatoms. The second-order valence-electron chi connectivity index (χ2n) is 6.72. The minimum Gasteiger partial charge on any atom is -0.461 e. The van der Waals surface area contributed by atoms with E-state index < -0.39 is 16.0 Å². The Balaban J connectivity index is 2.39. The normalized spacial score (nSPS) is 12.0. The highest BCUT2D eigenvalue weighted by Gasteiger charge is 2.31. The molecule has 2 aromatic rings. The quantitative estimate of drug-likeness (QED) is 0.648. The lowest BCUT2D eigenvalue weighted by Gasteiger charge is -2.27. The molecule has 0 bridgehead atoms. The van der Waals surface area contributed by atoms with Crippen molar-refractivity contribution < 1.29 is 17.9 Å². The number of hydrogen-bond donors (Lipinski definition) is 0. The van der Waals surface area contributed by atoms with Crippen LogP contribution in [-0.4, -0.2) is 36.3 Å². The molecule has 0 aliphatic heterocycles. The van der Waals surface area contributed by atoms with Gasteiger partial charge in [0.05, 0.1) is 18.0 Å². The summed E-state index contributed by atoms with van der Waals surface area (Å²) in [6, 6.07) is 3.49. The number of hydrogen-bond acceptors (Lipinski definition) is 6. The summed E-state index contributed by atoms with van der Waals surface area (Å²) in [4.78, 5) is 16.4. The third-order valence-electron chi connectivity index (χ3n) is 4.07. The molecule has 0 aliphatic rings. The second-order valence-corrected chi connectivity index (χ2v) is 9.49. The number of sulfonamides is 1. The smallest absolute Gasteiger partial charge is 0.357 e. The van der Waals surface area contributed by atoms with Crippen LogP contribution in [-0.2, 0) is 21.3 Å². The van der Waals surface area contributed by atoms with Crippen LogP contribution < -0.4 is 0 Å². The van der Waals surface area contributed by atoms with Crippen molar-refractivity contribution in [3.63, 3.8) is 0 Å². The fraction of sp³-hybridized carbons (Fsp3) is 0.474. The van der Waals surface area contributed by atoms with Gasteiger partial charge in [-0.25, -0.2) is 18.2 Å². The van der Waals surface area contributed by atoms with Gasteiger partial charge in [0.15, 0.2) is 5.69 Å². The molecular formula is C19H26N2O4S2. The molecule has 1 heterocycles. The van der Waals surface area contributed by atoms with Gasteiger partial charge in [0.1, 0.15) is 5.01 Å². The maximum Gasteiger partial charge on any atom is 0.357 e. The summed E-state index contributed by atoms with van der Waals surface area (Å²) < 4.78 is 33.1. The first kappa shape index (κ1) is 21.5. The highest BCUT2D eigenvalue weighted by molar-refractivity contribution is 7.89. The molecule has 0 amide bonds. The van der Waals surface area contributed by atoms with Crippen molar-refractivity contribution in [3.8, 4) is 0 Å². The summed E-state index contributed by atoms with van der Waals surface area (Å²) in [5, 5.41) is 2.15. The first-order valence-corrected chi connectivity index (χ1v) is 11.1. The van der Waals surface area contributed by atoms with E-state index in [0.717, 1.165) is 16.7 Å². The third-order valence-corrected chi connectivity index (χ3v) is 7.24. The fourth-order valence-electron chi connectivity index (χ4n) is 3.05. The number of esters is 1. The summed E-state index contributed by atoms with van der Waals surface area (Å²) in [7, 11) is -3.71. The lowest BCUT2D eigenvalue weighted by molar-refractivity contribution is 0.0520. The topological polar surface area (TPSA) is 76.6 Å². The van der Waals surface area contributed by atoms with Crippen LogP contribution in [0, 0.1) is 20.8 Å². The maximum absolute atomic E-state index is 13.4. The van der Waals surface area contributed by atoms with Crippen molar-refractivity contribution in [1.29, 1.82) is 0 Å². The van der Waals surface area contributed by atoms with E-state index in [2.05, 4.69) is 4.98 Å². The van der Waals surface area contributed by atoms with Gasteiger partial charge >= 0.3 is 5.97 Å². The predicted molar refractivity (Wildman–Crippen MR) is 107 cm³/mol. The Hall–Kier alpha value is -1.77. The first-order chi connectivity index (χ1) is 12.6. The zero-order chi connectivity index (χ0) is 20.4. The van der Waals surface area contributed by atoms with E-state index in [-0.39, 0.29) is 24.9 Å². The number of ether oxygens (including phenoxy) is 1. The molecule has 1 aromatic carbocycles. The summed E-state index contributed by atoms with van der Waals surface area (Å²) in [5.41, 5.74) is 2.69. The standard InChI is InChI=1S/C19H26N2O4S2/c1-7-25-19(22)16-11-26-17(20-16)10-21(12(2)3)27(23,24)18-14(5)8-13(4)9-15(18)6/h8-9,11-12H,7,10H2,1-6H3. The number of carbonyl (C=O) groups is 1. The molecule has 6 nitrogen and oxygen atoms in total. The number of benzene rings is 1. The molecular weight excluding hydrogens is 384 g/mol. The Labute approximate surface area is 165 Å². The Morgan fingerprint density at radius 2 is 1.81 bits per heavy atom. The average molecular weight is 411 g/mol. The molecule has 0 fully saturated rings. The van der Waals surface area contributed by atoms with Crippen LogP contribution in [0.15, 0.2) is 22.4 Å². The van der Waals surface area contributed by atoms with E-state index >= 15 is 0 Å². The average Bonchev–Trinajstić information content (AvgIpc) is 2.99. The molecule has 1 aromatic heterocycles. The lowest BCUT2D eigenvalue weighted by Crippen LogP contribution is -2.37. The van der Waals surface area contributed by atoms with Gasteiger partial charge in [-0.15, -0.1) is 11.3 Å². The van der Waals surface area contributed by atoms with Gasteiger partial charge in [-0.3, -0.25) is 0 Å². The Bertz CT molecular complexity index is 910. The minimum atomic E-state index is -3.71. The summed E-state index contributed by atoms with van der Waals surface area (Å²) in [5.74, 6) is -0.496. The molecule has 0 N–H and O–H groups in total. The second kappa shape index (κ2) is 8.50. The van der Waals surface area contributed by atoms with Crippen molar-refractivity contribution in [3.05, 3.63) is 44.9 Å². The van der Waals surface area contributed by atoms with Gasteiger partial charge in [-0.05, 0) is 52.7 Å². The molecule has 148 valence electrons. The van der Waals surface area contributed by atoms with E-state index in [1.807, 2.05) is 46.8 Å². The lowest BCUT2D eigenvalue weighted by atomic mass is 10.1. The van der Waals surface area contributed by atoms with E-state index in [9.17, 15) is 13.2 Å². The molecule has 27 heavy (non-hydrogen) atoms. The third kappa shape index (κ3) is 4.75. The molecule has 0 saturated carbocycles. The van der Waals surface area contributed by atoms with Crippen molar-refractivity contribution in [2.24, 2.45) is 0 Å². The zero-order valence-corrected chi connectivity index (χ0v) is 18.2. The van der Waals surface area contributed by atoms with Gasteiger partial charge in [0.25, 0.3) is 0 Å². The first-order valence-electron chi connectivity index (χ1n) is 8.79. The predicted octanol–water partition coefficient (Wildman–Crippen LogP) is 3.84. The molecule has 0 atom stereocenters. The number of thiazole rings is 1. The van der Waals surface area contributed by atoms with Crippen molar-refractivity contribution in [1.82, 2.24) is 9.29 Å². The van der Waals surface area contributed by atoms with Crippen molar-refractivity contribution in [2.75, 3.05) is 6.61 Å². The van der Waals surface area contributed by atoms with Crippen LogP contribution in [0.2, 0.25) is 0 Å². The van der Waals surface area contributed by atoms with Crippen LogP contribution in [0.3, 0.4) is 0 Å². The zero-order valence-electron chi connectivity index (χ0n) is 16.6. The number of aryl methyl sites for hydroxylation is 3. The number of aromatic nitrogens is 1. The van der Waals surface area contributed by atoms with Gasteiger partial charge < -0.3 is 4.74 Å². The van der Waals surface area contributed by atoms with Crippen molar-refractivity contribution in [2.45, 2.75) is 59.0 Å². The van der Waals surface area contributed by atoms with E-state index in [4.69, 9.17) is 4.74 Å².